The second-order valence-electron chi connectivity index (χ2n) is 5.00. The molecule has 6 heteroatoms. The van der Waals surface area contributed by atoms with Gasteiger partial charge in [-0.15, -0.1) is 0 Å². The van der Waals surface area contributed by atoms with Gasteiger partial charge in [0.1, 0.15) is 5.15 Å². The SMILES string of the molecule is CN(C)CCn1c2ccccc2n2c(=O)cc(Cl)nc12. The molecule has 3 aromatic rings. The molecule has 0 N–H and O–H groups in total. The van der Waals surface area contributed by atoms with Crippen molar-refractivity contribution in [1.29, 1.82) is 0 Å². The Hall–Kier alpha value is -1.85. The number of likely N-dealkylation sites (N-methyl/N-ethyl adjacent to an activating group) is 1. The Balaban J connectivity index is 2.36. The van der Waals surface area contributed by atoms with Gasteiger partial charge in [-0.25, -0.2) is 9.38 Å². The van der Waals surface area contributed by atoms with E-state index >= 15 is 0 Å². The van der Waals surface area contributed by atoms with Crippen molar-refractivity contribution < 1.29 is 0 Å². The molecule has 0 unspecified atom stereocenters. The van der Waals surface area contributed by atoms with E-state index in [1.807, 2.05) is 42.9 Å². The fraction of sp³-hybridized carbons (Fsp3) is 0.286. The molecule has 0 radical (unpaired) electrons. The summed E-state index contributed by atoms with van der Waals surface area (Å²) < 4.78 is 3.64. The molecule has 0 amide bonds. The number of para-hydroxylation sites is 2. The maximum atomic E-state index is 12.2. The first-order valence-electron chi connectivity index (χ1n) is 6.39. The fourth-order valence-corrected chi connectivity index (χ4v) is 2.53. The van der Waals surface area contributed by atoms with Crippen molar-refractivity contribution >= 4 is 28.4 Å². The molecule has 0 aliphatic heterocycles. The van der Waals surface area contributed by atoms with Crippen LogP contribution in [0, 0.1) is 0 Å². The molecule has 2 heterocycles. The van der Waals surface area contributed by atoms with E-state index in [2.05, 4.69) is 9.88 Å². The standard InChI is InChI=1S/C14H15ClN4O/c1-17(2)7-8-18-10-5-3-4-6-11(10)19-13(20)9-12(15)16-14(18)19/h3-6,9H,7-8H2,1-2H3. The summed E-state index contributed by atoms with van der Waals surface area (Å²) in [5, 5.41) is 0.226. The molecule has 0 spiro atoms. The highest BCUT2D eigenvalue weighted by Gasteiger charge is 2.13. The Labute approximate surface area is 121 Å². The lowest BCUT2D eigenvalue weighted by molar-refractivity contribution is 0.388. The molecule has 104 valence electrons. The molecule has 20 heavy (non-hydrogen) atoms. The Morgan fingerprint density at radius 3 is 2.65 bits per heavy atom. The largest absolute Gasteiger partial charge is 0.308 e. The van der Waals surface area contributed by atoms with Crippen LogP contribution in [0.15, 0.2) is 35.1 Å². The first kappa shape index (κ1) is 13.1. The van der Waals surface area contributed by atoms with Gasteiger partial charge in [-0.3, -0.25) is 4.79 Å². The summed E-state index contributed by atoms with van der Waals surface area (Å²) in [6.07, 6.45) is 0. The zero-order valence-electron chi connectivity index (χ0n) is 11.4. The summed E-state index contributed by atoms with van der Waals surface area (Å²) in [6.45, 7) is 1.60. The molecule has 0 atom stereocenters. The van der Waals surface area contributed by atoms with Crippen LogP contribution in [-0.4, -0.2) is 39.5 Å². The lowest BCUT2D eigenvalue weighted by Crippen LogP contribution is -2.19. The van der Waals surface area contributed by atoms with Crippen molar-refractivity contribution in [2.75, 3.05) is 20.6 Å². The van der Waals surface area contributed by atoms with E-state index in [-0.39, 0.29) is 10.7 Å². The van der Waals surface area contributed by atoms with Gasteiger partial charge in [0.05, 0.1) is 11.0 Å². The summed E-state index contributed by atoms with van der Waals surface area (Å²) in [4.78, 5) is 18.6. The van der Waals surface area contributed by atoms with Crippen LogP contribution >= 0.6 is 11.6 Å². The summed E-state index contributed by atoms with van der Waals surface area (Å²) in [6, 6.07) is 9.13. The molecule has 0 saturated heterocycles. The second-order valence-corrected chi connectivity index (χ2v) is 5.38. The monoisotopic (exact) mass is 290 g/mol. The van der Waals surface area contributed by atoms with Gasteiger partial charge in [-0.05, 0) is 26.2 Å². The third-order valence-corrected chi connectivity index (χ3v) is 3.49. The molecular weight excluding hydrogens is 276 g/mol. The van der Waals surface area contributed by atoms with Crippen molar-refractivity contribution in [3.8, 4) is 0 Å². The minimum absolute atomic E-state index is 0.153. The average Bonchev–Trinajstić information content (AvgIpc) is 2.70. The number of hydrogen-bond acceptors (Lipinski definition) is 3. The summed E-state index contributed by atoms with van der Waals surface area (Å²) >= 11 is 5.94. The van der Waals surface area contributed by atoms with E-state index in [1.165, 1.54) is 6.07 Å². The summed E-state index contributed by atoms with van der Waals surface area (Å²) in [5.41, 5.74) is 1.69. The Kier molecular flexibility index (Phi) is 3.23. The quantitative estimate of drug-likeness (QED) is 0.692. The number of hydrogen-bond donors (Lipinski definition) is 0. The molecule has 0 bridgehead atoms. The van der Waals surface area contributed by atoms with E-state index in [1.54, 1.807) is 4.40 Å². The van der Waals surface area contributed by atoms with Gasteiger partial charge in [0.15, 0.2) is 0 Å². The highest BCUT2D eigenvalue weighted by molar-refractivity contribution is 6.29. The lowest BCUT2D eigenvalue weighted by Gasteiger charge is -2.11. The van der Waals surface area contributed by atoms with Crippen molar-refractivity contribution in [1.82, 2.24) is 18.9 Å². The predicted molar refractivity (Wildman–Crippen MR) is 80.5 cm³/mol. The molecule has 0 saturated carbocycles. The van der Waals surface area contributed by atoms with Gasteiger partial charge in [0.2, 0.25) is 5.78 Å². The third-order valence-electron chi connectivity index (χ3n) is 3.30. The molecule has 5 nitrogen and oxygen atoms in total. The second kappa shape index (κ2) is 4.92. The zero-order chi connectivity index (χ0) is 14.3. The van der Waals surface area contributed by atoms with Crippen LogP contribution < -0.4 is 5.56 Å². The first-order chi connectivity index (χ1) is 9.58. The molecule has 1 aromatic carbocycles. The molecule has 0 aliphatic carbocycles. The number of halogens is 1. The number of imidazole rings is 1. The van der Waals surface area contributed by atoms with Gasteiger partial charge in [0, 0.05) is 19.2 Å². The van der Waals surface area contributed by atoms with Gasteiger partial charge < -0.3 is 9.47 Å². The smallest absolute Gasteiger partial charge is 0.261 e. The predicted octanol–water partition coefficient (Wildman–Crippen LogP) is 1.86. The minimum atomic E-state index is -0.153. The van der Waals surface area contributed by atoms with Crippen molar-refractivity contribution in [2.45, 2.75) is 6.54 Å². The van der Waals surface area contributed by atoms with Gasteiger partial charge in [-0.1, -0.05) is 23.7 Å². The van der Waals surface area contributed by atoms with Crippen molar-refractivity contribution in [3.05, 3.63) is 45.8 Å². The Bertz CT molecular complexity index is 834. The van der Waals surface area contributed by atoms with Crippen LogP contribution in [-0.2, 0) is 6.54 Å². The Morgan fingerprint density at radius 2 is 1.95 bits per heavy atom. The summed E-state index contributed by atoms with van der Waals surface area (Å²) in [5.74, 6) is 0.588. The highest BCUT2D eigenvalue weighted by atomic mass is 35.5. The van der Waals surface area contributed by atoms with E-state index < -0.39 is 0 Å². The van der Waals surface area contributed by atoms with E-state index in [9.17, 15) is 4.79 Å². The zero-order valence-corrected chi connectivity index (χ0v) is 12.1. The maximum absolute atomic E-state index is 12.2. The van der Waals surface area contributed by atoms with E-state index in [0.717, 1.165) is 24.1 Å². The van der Waals surface area contributed by atoms with E-state index in [0.29, 0.717) is 5.78 Å². The van der Waals surface area contributed by atoms with Crippen LogP contribution in [0.1, 0.15) is 0 Å². The average molecular weight is 291 g/mol. The van der Waals surface area contributed by atoms with Crippen LogP contribution in [0.2, 0.25) is 5.15 Å². The first-order valence-corrected chi connectivity index (χ1v) is 6.77. The highest BCUT2D eigenvalue weighted by Crippen LogP contribution is 2.19. The third kappa shape index (κ3) is 2.09. The van der Waals surface area contributed by atoms with Crippen LogP contribution in [0.25, 0.3) is 16.8 Å². The molecular formula is C14H15ClN4O. The molecule has 3 rings (SSSR count). The van der Waals surface area contributed by atoms with Gasteiger partial charge in [0.25, 0.3) is 5.56 Å². The number of fused-ring (bicyclic) bond motifs is 3. The molecule has 2 aromatic heterocycles. The summed E-state index contributed by atoms with van der Waals surface area (Å²) in [7, 11) is 4.03. The van der Waals surface area contributed by atoms with Gasteiger partial charge >= 0.3 is 0 Å². The van der Waals surface area contributed by atoms with Crippen LogP contribution in [0.4, 0.5) is 0 Å². The molecule has 0 aliphatic rings. The van der Waals surface area contributed by atoms with Crippen LogP contribution in [0.5, 0.6) is 0 Å². The normalized spacial score (nSPS) is 11.8. The van der Waals surface area contributed by atoms with Crippen molar-refractivity contribution in [3.63, 3.8) is 0 Å². The number of rotatable bonds is 3. The fourth-order valence-electron chi connectivity index (χ4n) is 2.36. The van der Waals surface area contributed by atoms with Crippen LogP contribution in [0.3, 0.4) is 0 Å². The van der Waals surface area contributed by atoms with Crippen molar-refractivity contribution in [2.24, 2.45) is 0 Å². The van der Waals surface area contributed by atoms with E-state index in [4.69, 9.17) is 11.6 Å². The maximum Gasteiger partial charge on any atom is 0.261 e. The number of nitrogens with zero attached hydrogens (tertiary/aromatic N) is 4. The topological polar surface area (TPSA) is 42.5 Å². The number of benzene rings is 1. The lowest BCUT2D eigenvalue weighted by atomic mass is 10.3. The molecule has 0 fully saturated rings. The number of aromatic nitrogens is 3. The Morgan fingerprint density at radius 1 is 1.25 bits per heavy atom. The van der Waals surface area contributed by atoms with Gasteiger partial charge in [-0.2, -0.15) is 0 Å². The minimum Gasteiger partial charge on any atom is -0.308 e.